The molecule has 1 aromatic carbocycles. The average molecular weight is 257 g/mol. The van der Waals surface area contributed by atoms with Gasteiger partial charge in [-0.2, -0.15) is 0 Å². The van der Waals surface area contributed by atoms with Gasteiger partial charge in [-0.15, -0.1) is 0 Å². The van der Waals surface area contributed by atoms with Crippen LogP contribution in [-0.2, 0) is 0 Å². The second-order valence-electron chi connectivity index (χ2n) is 6.19. The fraction of sp³-hybridized carbons (Fsp3) is 0.529. The number of aliphatic hydroxyl groups excluding tert-OH is 1. The number of hydrogen-bond acceptors (Lipinski definition) is 2. The number of benzene rings is 1. The monoisotopic (exact) mass is 257 g/mol. The van der Waals surface area contributed by atoms with Gasteiger partial charge in [0.1, 0.15) is 0 Å². The van der Waals surface area contributed by atoms with Crippen LogP contribution in [0.1, 0.15) is 24.5 Å². The molecule has 3 rings (SSSR count). The summed E-state index contributed by atoms with van der Waals surface area (Å²) in [4.78, 5) is 2.29. The van der Waals surface area contributed by atoms with E-state index in [9.17, 15) is 5.11 Å². The summed E-state index contributed by atoms with van der Waals surface area (Å²) >= 11 is 0. The number of rotatable bonds is 5. The number of hydrogen-bond donors (Lipinski definition) is 1. The van der Waals surface area contributed by atoms with Gasteiger partial charge in [-0.05, 0) is 43.2 Å². The summed E-state index contributed by atoms with van der Waals surface area (Å²) in [5.41, 5.74) is 1.02. The highest BCUT2D eigenvalue weighted by Gasteiger charge is 2.35. The normalized spacial score (nSPS) is 30.2. The number of nitrogens with zero attached hydrogens (tertiary/aromatic N) is 1. The molecule has 4 atom stereocenters. The topological polar surface area (TPSA) is 23.5 Å². The second-order valence-corrected chi connectivity index (χ2v) is 6.19. The summed E-state index contributed by atoms with van der Waals surface area (Å²) in [6, 6.07) is 9.96. The minimum Gasteiger partial charge on any atom is -0.387 e. The van der Waals surface area contributed by atoms with Crippen LogP contribution in [-0.4, -0.2) is 30.1 Å². The maximum atomic E-state index is 10.2. The molecule has 19 heavy (non-hydrogen) atoms. The van der Waals surface area contributed by atoms with E-state index in [0.717, 1.165) is 36.4 Å². The van der Waals surface area contributed by atoms with Crippen LogP contribution < -0.4 is 0 Å². The molecule has 2 nitrogen and oxygen atoms in total. The molecule has 1 fully saturated rings. The van der Waals surface area contributed by atoms with Gasteiger partial charge in [-0.1, -0.05) is 42.5 Å². The Kier molecular flexibility index (Phi) is 3.72. The Balaban J connectivity index is 1.51. The van der Waals surface area contributed by atoms with Crippen molar-refractivity contribution in [2.75, 3.05) is 20.1 Å². The van der Waals surface area contributed by atoms with Crippen LogP contribution >= 0.6 is 0 Å². The van der Waals surface area contributed by atoms with Gasteiger partial charge in [-0.25, -0.2) is 0 Å². The maximum Gasteiger partial charge on any atom is 0.0916 e. The Morgan fingerprint density at radius 3 is 2.63 bits per heavy atom. The van der Waals surface area contributed by atoms with Crippen molar-refractivity contribution >= 4 is 0 Å². The van der Waals surface area contributed by atoms with E-state index in [4.69, 9.17) is 0 Å². The summed E-state index contributed by atoms with van der Waals surface area (Å²) in [6.07, 6.45) is 7.12. The van der Waals surface area contributed by atoms with Gasteiger partial charge < -0.3 is 10.0 Å². The SMILES string of the molecule is CN(C[C@@H]1C[C@H]2C=C[C@H]1C2)C[C@@H](O)c1ccccc1. The molecule has 0 aliphatic heterocycles. The molecule has 0 amide bonds. The molecule has 0 saturated heterocycles. The Hall–Kier alpha value is -1.12. The molecule has 0 aromatic heterocycles. The third-order valence-electron chi connectivity index (χ3n) is 4.63. The minimum absolute atomic E-state index is 0.375. The minimum atomic E-state index is -0.375. The lowest BCUT2D eigenvalue weighted by Crippen LogP contribution is -2.31. The quantitative estimate of drug-likeness (QED) is 0.820. The van der Waals surface area contributed by atoms with E-state index in [1.54, 1.807) is 0 Å². The van der Waals surface area contributed by atoms with Crippen molar-refractivity contribution in [3.8, 4) is 0 Å². The van der Waals surface area contributed by atoms with Gasteiger partial charge >= 0.3 is 0 Å². The van der Waals surface area contributed by atoms with Crippen molar-refractivity contribution in [2.45, 2.75) is 18.9 Å². The lowest BCUT2D eigenvalue weighted by atomic mass is 9.93. The van der Waals surface area contributed by atoms with Crippen molar-refractivity contribution in [3.05, 3.63) is 48.0 Å². The predicted octanol–water partition coefficient (Wildman–Crippen LogP) is 2.86. The van der Waals surface area contributed by atoms with Gasteiger partial charge in [0.25, 0.3) is 0 Å². The first kappa shape index (κ1) is 12.9. The molecule has 1 aromatic rings. The molecule has 0 spiro atoms. The summed E-state index contributed by atoms with van der Waals surface area (Å²) in [7, 11) is 2.13. The molecule has 2 aliphatic carbocycles. The van der Waals surface area contributed by atoms with Crippen LogP contribution in [0.2, 0.25) is 0 Å². The standard InChI is InChI=1S/C17H23NO/c1-18(11-16-10-13-7-8-15(16)9-13)12-17(19)14-5-3-2-4-6-14/h2-8,13,15-17,19H,9-12H2,1H3/t13-,15-,16-,17+/m0/s1. The molecular formula is C17H23NO. The highest BCUT2D eigenvalue weighted by molar-refractivity contribution is 5.17. The van der Waals surface area contributed by atoms with Crippen LogP contribution in [0.15, 0.2) is 42.5 Å². The van der Waals surface area contributed by atoms with Crippen molar-refractivity contribution in [1.82, 2.24) is 4.90 Å². The van der Waals surface area contributed by atoms with Gasteiger partial charge in [-0.3, -0.25) is 0 Å². The highest BCUT2D eigenvalue weighted by Crippen LogP contribution is 2.43. The van der Waals surface area contributed by atoms with E-state index in [1.165, 1.54) is 12.8 Å². The molecule has 1 N–H and O–H groups in total. The molecule has 0 unspecified atom stereocenters. The van der Waals surface area contributed by atoms with E-state index >= 15 is 0 Å². The number of aliphatic hydroxyl groups is 1. The zero-order valence-corrected chi connectivity index (χ0v) is 11.6. The zero-order valence-electron chi connectivity index (χ0n) is 11.6. The first-order chi connectivity index (χ1) is 9.22. The number of allylic oxidation sites excluding steroid dienone is 2. The summed E-state index contributed by atoms with van der Waals surface area (Å²) in [5.74, 6) is 2.42. The third kappa shape index (κ3) is 2.90. The molecule has 2 heteroatoms. The Morgan fingerprint density at radius 1 is 1.21 bits per heavy atom. The fourth-order valence-corrected chi connectivity index (χ4v) is 3.66. The summed E-state index contributed by atoms with van der Waals surface area (Å²) < 4.78 is 0. The molecule has 0 heterocycles. The predicted molar refractivity (Wildman–Crippen MR) is 77.7 cm³/mol. The van der Waals surface area contributed by atoms with Crippen molar-refractivity contribution in [2.24, 2.45) is 17.8 Å². The summed E-state index contributed by atoms with van der Waals surface area (Å²) in [6.45, 7) is 1.83. The first-order valence-electron chi connectivity index (χ1n) is 7.32. The Morgan fingerprint density at radius 2 is 2.00 bits per heavy atom. The molecular weight excluding hydrogens is 234 g/mol. The smallest absolute Gasteiger partial charge is 0.0916 e. The molecule has 2 aliphatic rings. The van der Waals surface area contributed by atoms with Crippen LogP contribution in [0.4, 0.5) is 0 Å². The van der Waals surface area contributed by atoms with E-state index in [1.807, 2.05) is 30.3 Å². The van der Waals surface area contributed by atoms with E-state index in [0.29, 0.717) is 0 Å². The van der Waals surface area contributed by atoms with Crippen LogP contribution in [0.3, 0.4) is 0 Å². The lowest BCUT2D eigenvalue weighted by Gasteiger charge is -2.27. The largest absolute Gasteiger partial charge is 0.387 e. The first-order valence-corrected chi connectivity index (χ1v) is 7.32. The van der Waals surface area contributed by atoms with Gasteiger partial charge in [0.05, 0.1) is 6.10 Å². The second kappa shape index (κ2) is 5.48. The fourth-order valence-electron chi connectivity index (χ4n) is 3.66. The maximum absolute atomic E-state index is 10.2. The van der Waals surface area contributed by atoms with E-state index in [-0.39, 0.29) is 6.10 Å². The van der Waals surface area contributed by atoms with Gasteiger partial charge in [0.15, 0.2) is 0 Å². The van der Waals surface area contributed by atoms with Gasteiger partial charge in [0.2, 0.25) is 0 Å². The van der Waals surface area contributed by atoms with E-state index in [2.05, 4.69) is 24.1 Å². The zero-order chi connectivity index (χ0) is 13.2. The van der Waals surface area contributed by atoms with Crippen molar-refractivity contribution in [3.63, 3.8) is 0 Å². The van der Waals surface area contributed by atoms with E-state index < -0.39 is 0 Å². The molecule has 0 radical (unpaired) electrons. The number of fused-ring (bicyclic) bond motifs is 2. The number of likely N-dealkylation sites (N-methyl/N-ethyl adjacent to an activating group) is 1. The van der Waals surface area contributed by atoms with Crippen LogP contribution in [0.5, 0.6) is 0 Å². The molecule has 2 bridgehead atoms. The van der Waals surface area contributed by atoms with Crippen molar-refractivity contribution in [1.29, 1.82) is 0 Å². The summed E-state index contributed by atoms with van der Waals surface area (Å²) in [5, 5.41) is 10.2. The van der Waals surface area contributed by atoms with Crippen LogP contribution in [0.25, 0.3) is 0 Å². The van der Waals surface area contributed by atoms with Crippen molar-refractivity contribution < 1.29 is 5.11 Å². The molecule has 102 valence electrons. The lowest BCUT2D eigenvalue weighted by molar-refractivity contribution is 0.115. The van der Waals surface area contributed by atoms with Crippen LogP contribution in [0, 0.1) is 17.8 Å². The molecule has 1 saturated carbocycles. The highest BCUT2D eigenvalue weighted by atomic mass is 16.3. The Bertz CT molecular complexity index is 442. The Labute approximate surface area is 115 Å². The third-order valence-corrected chi connectivity index (χ3v) is 4.63. The average Bonchev–Trinajstić information content (AvgIpc) is 3.02. The van der Waals surface area contributed by atoms with Gasteiger partial charge in [0, 0.05) is 13.1 Å².